The Labute approximate surface area is 162 Å². The number of para-hydroxylation sites is 1. The van der Waals surface area contributed by atoms with Gasteiger partial charge >= 0.3 is 6.03 Å². The summed E-state index contributed by atoms with van der Waals surface area (Å²) in [6, 6.07) is 16.8. The topological polar surface area (TPSA) is 79.3 Å². The van der Waals surface area contributed by atoms with Crippen molar-refractivity contribution < 1.29 is 9.59 Å². The highest BCUT2D eigenvalue weighted by atomic mass is 16.2. The molecule has 2 aromatic carbocycles. The molecule has 3 amide bonds. The second-order valence-corrected chi connectivity index (χ2v) is 6.31. The normalized spacial score (nSPS) is 13.7. The molecule has 0 bridgehead atoms. The van der Waals surface area contributed by atoms with E-state index >= 15 is 0 Å². The van der Waals surface area contributed by atoms with Crippen LogP contribution in [-0.2, 0) is 4.79 Å². The highest BCUT2D eigenvalue weighted by Gasteiger charge is 2.20. The lowest BCUT2D eigenvalue weighted by Crippen LogP contribution is -2.27. The number of nitrogens with zero attached hydrogens (tertiary/aromatic N) is 3. The Hall–Kier alpha value is -3.87. The second kappa shape index (κ2) is 7.79. The number of nitrogens with one attached hydrogen (secondary N) is 2. The average molecular weight is 373 g/mol. The van der Waals surface area contributed by atoms with Gasteiger partial charge in [-0.15, -0.1) is 0 Å². The Morgan fingerprint density at radius 2 is 1.86 bits per heavy atom. The fraction of sp³-hybridized carbons (Fsp3) is 0.0952. The van der Waals surface area contributed by atoms with Crippen molar-refractivity contribution in [3.8, 4) is 5.69 Å². The summed E-state index contributed by atoms with van der Waals surface area (Å²) in [5, 5.41) is 9.87. The van der Waals surface area contributed by atoms with Crippen molar-refractivity contribution in [1.29, 1.82) is 0 Å². The second-order valence-electron chi connectivity index (χ2n) is 6.31. The first-order valence-corrected chi connectivity index (χ1v) is 8.94. The maximum Gasteiger partial charge on any atom is 0.321 e. The minimum Gasteiger partial charge on any atom is -0.336 e. The maximum atomic E-state index is 12.2. The minimum atomic E-state index is -0.237. The molecule has 4 rings (SSSR count). The largest absolute Gasteiger partial charge is 0.336 e. The van der Waals surface area contributed by atoms with Gasteiger partial charge in [-0.1, -0.05) is 18.2 Å². The summed E-state index contributed by atoms with van der Waals surface area (Å²) in [7, 11) is 0. The van der Waals surface area contributed by atoms with Crippen LogP contribution in [0.4, 0.5) is 16.2 Å². The summed E-state index contributed by atoms with van der Waals surface area (Å²) in [6.45, 7) is 1.28. The average Bonchev–Trinajstić information content (AvgIpc) is 3.37. The molecule has 0 radical (unpaired) electrons. The molecule has 28 heavy (non-hydrogen) atoms. The Balaban J connectivity index is 1.36. The molecule has 1 saturated heterocycles. The molecule has 2 heterocycles. The van der Waals surface area contributed by atoms with Crippen molar-refractivity contribution in [3.05, 3.63) is 78.6 Å². The third-order valence-electron chi connectivity index (χ3n) is 4.35. The highest BCUT2D eigenvalue weighted by molar-refractivity contribution is 6.02. The molecular formula is C21H19N5O2. The van der Waals surface area contributed by atoms with Gasteiger partial charge in [0.15, 0.2) is 0 Å². The first-order chi connectivity index (χ1) is 13.7. The Kier molecular flexibility index (Phi) is 4.88. The number of urea groups is 1. The number of benzene rings is 2. The molecule has 0 aliphatic carbocycles. The van der Waals surface area contributed by atoms with E-state index in [9.17, 15) is 9.59 Å². The molecule has 140 valence electrons. The number of anilines is 2. The van der Waals surface area contributed by atoms with Crippen molar-refractivity contribution in [2.45, 2.75) is 0 Å². The van der Waals surface area contributed by atoms with Gasteiger partial charge in [0.05, 0.1) is 11.9 Å². The Morgan fingerprint density at radius 1 is 1.07 bits per heavy atom. The van der Waals surface area contributed by atoms with Gasteiger partial charge in [0.2, 0.25) is 5.91 Å². The predicted molar refractivity (Wildman–Crippen MR) is 108 cm³/mol. The van der Waals surface area contributed by atoms with Crippen molar-refractivity contribution >= 4 is 29.4 Å². The number of rotatable bonds is 5. The van der Waals surface area contributed by atoms with E-state index in [0.29, 0.717) is 18.8 Å². The van der Waals surface area contributed by atoms with Crippen LogP contribution in [-0.4, -0.2) is 34.8 Å². The lowest BCUT2D eigenvalue weighted by Gasteiger charge is -2.14. The van der Waals surface area contributed by atoms with Crippen LogP contribution in [0.25, 0.3) is 11.8 Å². The van der Waals surface area contributed by atoms with Crippen LogP contribution in [0, 0.1) is 0 Å². The smallest absolute Gasteiger partial charge is 0.321 e. The van der Waals surface area contributed by atoms with E-state index in [2.05, 4.69) is 15.7 Å². The van der Waals surface area contributed by atoms with E-state index in [1.54, 1.807) is 34.0 Å². The third kappa shape index (κ3) is 3.93. The van der Waals surface area contributed by atoms with Crippen LogP contribution in [0.5, 0.6) is 0 Å². The number of carbonyl (C=O) groups excluding carboxylic acids is 2. The van der Waals surface area contributed by atoms with Crippen LogP contribution in [0.1, 0.15) is 5.56 Å². The van der Waals surface area contributed by atoms with Crippen molar-refractivity contribution in [2.75, 3.05) is 23.3 Å². The van der Waals surface area contributed by atoms with Gasteiger partial charge in [0.1, 0.15) is 0 Å². The lowest BCUT2D eigenvalue weighted by molar-refractivity contribution is -0.111. The molecule has 3 aromatic rings. The number of aromatic nitrogens is 2. The van der Waals surface area contributed by atoms with Gasteiger partial charge in [0.25, 0.3) is 0 Å². The molecule has 7 nitrogen and oxygen atoms in total. The Bertz CT molecular complexity index is 1010. The number of amides is 3. The summed E-state index contributed by atoms with van der Waals surface area (Å²) in [5.41, 5.74) is 3.25. The quantitative estimate of drug-likeness (QED) is 0.675. The van der Waals surface area contributed by atoms with Crippen LogP contribution in [0.2, 0.25) is 0 Å². The summed E-state index contributed by atoms with van der Waals surface area (Å²) in [5.74, 6) is -0.237. The van der Waals surface area contributed by atoms with E-state index in [1.807, 2.05) is 48.7 Å². The van der Waals surface area contributed by atoms with Gasteiger partial charge < -0.3 is 10.6 Å². The summed E-state index contributed by atoms with van der Waals surface area (Å²) in [6.07, 6.45) is 6.74. The fourth-order valence-electron chi connectivity index (χ4n) is 2.94. The van der Waals surface area contributed by atoms with Gasteiger partial charge in [-0.05, 0) is 42.5 Å². The van der Waals surface area contributed by atoms with E-state index in [-0.39, 0.29) is 11.9 Å². The van der Waals surface area contributed by atoms with Crippen LogP contribution in [0.3, 0.4) is 0 Å². The molecule has 0 atom stereocenters. The SMILES string of the molecule is O=C(/C=C/c1cnn(-c2ccccc2)c1)Nc1ccc(N2CCNC2=O)cc1. The molecule has 1 aromatic heterocycles. The van der Waals surface area contributed by atoms with Crippen LogP contribution in [0.15, 0.2) is 73.1 Å². The van der Waals surface area contributed by atoms with Gasteiger partial charge in [-0.2, -0.15) is 5.10 Å². The fourth-order valence-corrected chi connectivity index (χ4v) is 2.94. The zero-order valence-corrected chi connectivity index (χ0v) is 15.1. The molecule has 1 aliphatic heterocycles. The van der Waals surface area contributed by atoms with E-state index in [0.717, 1.165) is 16.9 Å². The number of hydrogen-bond donors (Lipinski definition) is 2. The first kappa shape index (κ1) is 17.5. The van der Waals surface area contributed by atoms with Gasteiger partial charge in [-0.3, -0.25) is 9.69 Å². The van der Waals surface area contributed by atoms with Crippen molar-refractivity contribution in [2.24, 2.45) is 0 Å². The van der Waals surface area contributed by atoms with E-state index in [4.69, 9.17) is 0 Å². The monoisotopic (exact) mass is 373 g/mol. The minimum absolute atomic E-state index is 0.101. The molecule has 0 spiro atoms. The first-order valence-electron chi connectivity index (χ1n) is 8.94. The number of carbonyl (C=O) groups is 2. The molecule has 1 aliphatic rings. The van der Waals surface area contributed by atoms with Crippen molar-refractivity contribution in [3.63, 3.8) is 0 Å². The van der Waals surface area contributed by atoms with Crippen molar-refractivity contribution in [1.82, 2.24) is 15.1 Å². The standard InChI is InChI=1S/C21H19N5O2/c27-20(11-6-16-14-23-26(15-16)19-4-2-1-3-5-19)24-17-7-9-18(10-8-17)25-13-12-22-21(25)28/h1-11,14-15H,12-13H2,(H,22,28)(H,24,27)/b11-6+. The molecule has 2 N–H and O–H groups in total. The van der Waals surface area contributed by atoms with Gasteiger partial charge in [-0.25, -0.2) is 9.48 Å². The highest BCUT2D eigenvalue weighted by Crippen LogP contribution is 2.19. The summed E-state index contributed by atoms with van der Waals surface area (Å²) in [4.78, 5) is 25.5. The predicted octanol–water partition coefficient (Wildman–Crippen LogP) is 3.05. The molecule has 1 fully saturated rings. The van der Waals surface area contributed by atoms with E-state index < -0.39 is 0 Å². The lowest BCUT2D eigenvalue weighted by atomic mass is 10.2. The number of hydrogen-bond acceptors (Lipinski definition) is 3. The van der Waals surface area contributed by atoms with Crippen LogP contribution >= 0.6 is 0 Å². The summed E-state index contributed by atoms with van der Waals surface area (Å²) < 4.78 is 1.75. The Morgan fingerprint density at radius 3 is 2.57 bits per heavy atom. The molecule has 0 saturated carbocycles. The van der Waals surface area contributed by atoms with E-state index in [1.165, 1.54) is 6.08 Å². The maximum absolute atomic E-state index is 12.2. The molecule has 0 unspecified atom stereocenters. The zero-order chi connectivity index (χ0) is 19.3. The van der Waals surface area contributed by atoms with Crippen LogP contribution < -0.4 is 15.5 Å². The van der Waals surface area contributed by atoms with Gasteiger partial charge in [0, 0.05) is 42.3 Å². The zero-order valence-electron chi connectivity index (χ0n) is 15.1. The third-order valence-corrected chi connectivity index (χ3v) is 4.35. The summed E-state index contributed by atoms with van der Waals surface area (Å²) >= 11 is 0. The molecular weight excluding hydrogens is 354 g/mol. The molecule has 7 heteroatoms.